The Morgan fingerprint density at radius 1 is 1.25 bits per heavy atom. The van der Waals surface area contributed by atoms with Crippen LogP contribution in [0, 0.1) is 0 Å². The second-order valence-electron chi connectivity index (χ2n) is 4.76. The number of imide groups is 1. The number of nitrogens with zero attached hydrogens (tertiary/aromatic N) is 3. The van der Waals surface area contributed by atoms with Crippen molar-refractivity contribution < 1.29 is 9.59 Å². The molecule has 1 atom stereocenters. The molecule has 1 aliphatic rings. The largest absolute Gasteiger partial charge is 0.331 e. The SMILES string of the molecule is CC1C(=O)N(c2cccc(-c3ccn[nH]3)c2)C(=O)N1C. The predicted octanol–water partition coefficient (Wildman–Crippen LogP) is 1.86. The summed E-state index contributed by atoms with van der Waals surface area (Å²) in [5.41, 5.74) is 2.29. The zero-order valence-corrected chi connectivity index (χ0v) is 11.2. The fraction of sp³-hybridized carbons (Fsp3) is 0.214. The van der Waals surface area contributed by atoms with Crippen molar-refractivity contribution in [2.75, 3.05) is 11.9 Å². The van der Waals surface area contributed by atoms with Crippen LogP contribution < -0.4 is 4.90 Å². The Morgan fingerprint density at radius 2 is 2.05 bits per heavy atom. The zero-order valence-electron chi connectivity index (χ0n) is 11.2. The number of likely N-dealkylation sites (N-methyl/N-ethyl adjacent to an activating group) is 1. The Balaban J connectivity index is 2.01. The summed E-state index contributed by atoms with van der Waals surface area (Å²) in [6, 6.07) is 8.37. The van der Waals surface area contributed by atoms with Crippen LogP contribution in [0.3, 0.4) is 0 Å². The molecular weight excluding hydrogens is 256 g/mol. The van der Waals surface area contributed by atoms with E-state index < -0.39 is 6.04 Å². The lowest BCUT2D eigenvalue weighted by Crippen LogP contribution is -2.31. The number of rotatable bonds is 2. The van der Waals surface area contributed by atoms with Crippen LogP contribution in [0.1, 0.15) is 6.92 Å². The molecule has 1 N–H and O–H groups in total. The number of hydrogen-bond donors (Lipinski definition) is 1. The van der Waals surface area contributed by atoms with Crippen LogP contribution in [0.4, 0.5) is 10.5 Å². The third kappa shape index (κ3) is 1.77. The van der Waals surface area contributed by atoms with Gasteiger partial charge in [0.2, 0.25) is 0 Å². The van der Waals surface area contributed by atoms with Gasteiger partial charge in [-0.3, -0.25) is 9.89 Å². The molecule has 1 aromatic heterocycles. The van der Waals surface area contributed by atoms with Crippen LogP contribution >= 0.6 is 0 Å². The molecule has 3 rings (SSSR count). The molecular formula is C14H14N4O2. The smallest absolute Gasteiger partial charge is 0.315 e. The molecule has 0 radical (unpaired) electrons. The number of anilines is 1. The third-order valence-electron chi connectivity index (χ3n) is 3.57. The van der Waals surface area contributed by atoms with Gasteiger partial charge in [0.05, 0.1) is 11.4 Å². The van der Waals surface area contributed by atoms with E-state index in [-0.39, 0.29) is 11.9 Å². The van der Waals surface area contributed by atoms with Crippen LogP contribution in [-0.4, -0.2) is 40.1 Å². The average molecular weight is 270 g/mol. The first kappa shape index (κ1) is 12.4. The summed E-state index contributed by atoms with van der Waals surface area (Å²) in [7, 11) is 1.63. The van der Waals surface area contributed by atoms with Crippen LogP contribution in [0.25, 0.3) is 11.3 Å². The van der Waals surface area contributed by atoms with E-state index in [1.54, 1.807) is 32.3 Å². The first-order valence-corrected chi connectivity index (χ1v) is 6.30. The highest BCUT2D eigenvalue weighted by molar-refractivity contribution is 6.21. The van der Waals surface area contributed by atoms with Gasteiger partial charge in [-0.2, -0.15) is 5.10 Å². The van der Waals surface area contributed by atoms with Crippen molar-refractivity contribution in [2.45, 2.75) is 13.0 Å². The number of carbonyl (C=O) groups is 2. The van der Waals surface area contributed by atoms with E-state index in [1.165, 1.54) is 9.80 Å². The van der Waals surface area contributed by atoms with Crippen molar-refractivity contribution in [1.29, 1.82) is 0 Å². The number of urea groups is 1. The number of aromatic amines is 1. The molecule has 1 aromatic carbocycles. The molecule has 102 valence electrons. The lowest BCUT2D eigenvalue weighted by atomic mass is 10.1. The minimum Gasteiger partial charge on any atom is -0.315 e. The molecule has 0 spiro atoms. The second-order valence-corrected chi connectivity index (χ2v) is 4.76. The topological polar surface area (TPSA) is 69.3 Å². The monoisotopic (exact) mass is 270 g/mol. The van der Waals surface area contributed by atoms with E-state index in [4.69, 9.17) is 0 Å². The van der Waals surface area contributed by atoms with E-state index in [0.29, 0.717) is 5.69 Å². The quantitative estimate of drug-likeness (QED) is 0.847. The van der Waals surface area contributed by atoms with Gasteiger partial charge in [-0.15, -0.1) is 0 Å². The Morgan fingerprint density at radius 3 is 2.65 bits per heavy atom. The van der Waals surface area contributed by atoms with E-state index in [1.807, 2.05) is 18.2 Å². The molecule has 2 aromatic rings. The molecule has 1 saturated heterocycles. The maximum absolute atomic E-state index is 12.2. The van der Waals surface area contributed by atoms with Gasteiger partial charge < -0.3 is 4.90 Å². The van der Waals surface area contributed by atoms with E-state index >= 15 is 0 Å². The van der Waals surface area contributed by atoms with E-state index in [9.17, 15) is 9.59 Å². The summed E-state index contributed by atoms with van der Waals surface area (Å²) >= 11 is 0. The standard InChI is InChI=1S/C14H14N4O2/c1-9-13(19)18(14(20)17(9)2)11-5-3-4-10(8-11)12-6-7-15-16-12/h3-9H,1-2H3,(H,15,16). The molecule has 1 aliphatic heterocycles. The Bertz CT molecular complexity index is 646. The summed E-state index contributed by atoms with van der Waals surface area (Å²) in [6.45, 7) is 1.72. The summed E-state index contributed by atoms with van der Waals surface area (Å²) in [5.74, 6) is -0.209. The fourth-order valence-corrected chi connectivity index (χ4v) is 2.24. The average Bonchev–Trinajstić information content (AvgIpc) is 3.05. The molecule has 3 amide bonds. The van der Waals surface area contributed by atoms with Gasteiger partial charge in [-0.25, -0.2) is 9.69 Å². The number of benzene rings is 1. The molecule has 6 nitrogen and oxygen atoms in total. The van der Waals surface area contributed by atoms with Gasteiger partial charge in [-0.1, -0.05) is 12.1 Å². The minimum absolute atomic E-state index is 0.209. The molecule has 0 bridgehead atoms. The Kier molecular flexibility index (Phi) is 2.78. The van der Waals surface area contributed by atoms with Crippen LogP contribution in [0.5, 0.6) is 0 Å². The number of nitrogens with one attached hydrogen (secondary N) is 1. The van der Waals surface area contributed by atoms with Gasteiger partial charge >= 0.3 is 6.03 Å². The van der Waals surface area contributed by atoms with Crippen molar-refractivity contribution >= 4 is 17.6 Å². The van der Waals surface area contributed by atoms with Crippen molar-refractivity contribution in [3.05, 3.63) is 36.5 Å². The van der Waals surface area contributed by atoms with Crippen LogP contribution in [0.2, 0.25) is 0 Å². The molecule has 0 aliphatic carbocycles. The van der Waals surface area contributed by atoms with Crippen molar-refractivity contribution in [2.24, 2.45) is 0 Å². The van der Waals surface area contributed by atoms with Crippen molar-refractivity contribution in [3.8, 4) is 11.3 Å². The van der Waals surface area contributed by atoms with Crippen molar-refractivity contribution in [3.63, 3.8) is 0 Å². The summed E-state index contributed by atoms with van der Waals surface area (Å²) in [6.07, 6.45) is 1.66. The fourth-order valence-electron chi connectivity index (χ4n) is 2.24. The van der Waals surface area contributed by atoms with Gasteiger partial charge in [0.25, 0.3) is 5.91 Å². The number of hydrogen-bond acceptors (Lipinski definition) is 3. The van der Waals surface area contributed by atoms with Gasteiger partial charge in [0.15, 0.2) is 0 Å². The highest BCUT2D eigenvalue weighted by Crippen LogP contribution is 2.27. The lowest BCUT2D eigenvalue weighted by molar-refractivity contribution is -0.119. The van der Waals surface area contributed by atoms with Crippen LogP contribution in [0.15, 0.2) is 36.5 Å². The first-order valence-electron chi connectivity index (χ1n) is 6.30. The number of aromatic nitrogens is 2. The first-order chi connectivity index (χ1) is 9.59. The van der Waals surface area contributed by atoms with Gasteiger partial charge in [-0.05, 0) is 25.1 Å². The maximum Gasteiger partial charge on any atom is 0.331 e. The Hall–Kier alpha value is -2.63. The van der Waals surface area contributed by atoms with Gasteiger partial charge in [0, 0.05) is 18.8 Å². The van der Waals surface area contributed by atoms with Gasteiger partial charge in [0.1, 0.15) is 6.04 Å². The van der Waals surface area contributed by atoms with Crippen LogP contribution in [-0.2, 0) is 4.79 Å². The minimum atomic E-state index is -0.432. The molecule has 2 heterocycles. The number of H-pyrrole nitrogens is 1. The maximum atomic E-state index is 12.2. The summed E-state index contributed by atoms with van der Waals surface area (Å²) < 4.78 is 0. The van der Waals surface area contributed by atoms with Crippen molar-refractivity contribution in [1.82, 2.24) is 15.1 Å². The molecule has 0 saturated carbocycles. The highest BCUT2D eigenvalue weighted by Gasteiger charge is 2.41. The summed E-state index contributed by atoms with van der Waals surface area (Å²) in [5, 5.41) is 6.76. The highest BCUT2D eigenvalue weighted by atomic mass is 16.2. The molecule has 1 unspecified atom stereocenters. The number of amides is 3. The predicted molar refractivity (Wildman–Crippen MR) is 74.1 cm³/mol. The van der Waals surface area contributed by atoms with E-state index in [0.717, 1.165) is 11.3 Å². The zero-order chi connectivity index (χ0) is 14.3. The lowest BCUT2D eigenvalue weighted by Gasteiger charge is -2.14. The van der Waals surface area contributed by atoms with E-state index in [2.05, 4.69) is 10.2 Å². The number of carbonyl (C=O) groups excluding carboxylic acids is 2. The third-order valence-corrected chi connectivity index (χ3v) is 3.57. The molecule has 1 fully saturated rings. The second kappa shape index (κ2) is 4.48. The Labute approximate surface area is 116 Å². The molecule has 20 heavy (non-hydrogen) atoms. The summed E-state index contributed by atoms with van der Waals surface area (Å²) in [4.78, 5) is 27.0. The normalized spacial score (nSPS) is 19.0. The molecule has 6 heteroatoms.